The Morgan fingerprint density at radius 3 is 3.06 bits per heavy atom. The summed E-state index contributed by atoms with van der Waals surface area (Å²) in [5.74, 6) is 0.171. The Labute approximate surface area is 107 Å². The largest absolute Gasteiger partial charge is 0.367 e. The molecule has 3 N–H and O–H groups in total. The van der Waals surface area contributed by atoms with Gasteiger partial charge in [0.05, 0.1) is 0 Å². The lowest BCUT2D eigenvalue weighted by molar-refractivity contribution is -0.123. The van der Waals surface area contributed by atoms with E-state index in [4.69, 9.17) is 5.73 Å². The van der Waals surface area contributed by atoms with Gasteiger partial charge >= 0.3 is 0 Å². The highest BCUT2D eigenvalue weighted by Crippen LogP contribution is 2.34. The summed E-state index contributed by atoms with van der Waals surface area (Å²) in [5.41, 5.74) is 5.73. The number of hydrogen-bond donors (Lipinski definition) is 2. The first-order chi connectivity index (χ1) is 8.44. The summed E-state index contributed by atoms with van der Waals surface area (Å²) in [6.07, 6.45) is 5.99. The van der Waals surface area contributed by atoms with Gasteiger partial charge in [0, 0.05) is 6.04 Å². The quantitative estimate of drug-likeness (QED) is 0.837. The summed E-state index contributed by atoms with van der Waals surface area (Å²) in [7, 11) is 0. The highest BCUT2D eigenvalue weighted by Gasteiger charge is 2.28. The van der Waals surface area contributed by atoms with E-state index in [1.165, 1.54) is 23.9 Å². The van der Waals surface area contributed by atoms with Crippen LogP contribution in [0.25, 0.3) is 0 Å². The monoisotopic (exact) mass is 251 g/mol. The van der Waals surface area contributed by atoms with Gasteiger partial charge in [0.2, 0.25) is 11.9 Å². The average molecular weight is 251 g/mol. The highest BCUT2D eigenvalue weighted by molar-refractivity contribution is 5.75. The Morgan fingerprint density at radius 1 is 1.67 bits per heavy atom. The van der Waals surface area contributed by atoms with Crippen molar-refractivity contribution in [3.63, 3.8) is 0 Å². The first-order valence-electron chi connectivity index (χ1n) is 6.39. The Morgan fingerprint density at radius 2 is 2.44 bits per heavy atom. The van der Waals surface area contributed by atoms with Crippen molar-refractivity contribution in [3.05, 3.63) is 6.33 Å². The number of nitrogens with two attached hydrogens (primary N) is 1. The number of nitrogens with zero attached hydrogens (tertiary/aromatic N) is 3. The van der Waals surface area contributed by atoms with E-state index in [2.05, 4.69) is 29.2 Å². The van der Waals surface area contributed by atoms with Crippen molar-refractivity contribution in [2.75, 3.05) is 5.73 Å². The van der Waals surface area contributed by atoms with Crippen LogP contribution in [0.5, 0.6) is 0 Å². The topological polar surface area (TPSA) is 85.8 Å². The molecule has 1 aromatic heterocycles. The fraction of sp³-hybridized carbons (Fsp3) is 0.750. The molecule has 1 aromatic rings. The molecule has 6 heteroatoms. The molecule has 1 amide bonds. The molecule has 1 heterocycles. The van der Waals surface area contributed by atoms with Crippen LogP contribution in [0.15, 0.2) is 6.33 Å². The van der Waals surface area contributed by atoms with Crippen molar-refractivity contribution in [2.24, 2.45) is 5.41 Å². The third kappa shape index (κ3) is 3.45. The molecule has 1 unspecified atom stereocenters. The third-order valence-electron chi connectivity index (χ3n) is 3.43. The zero-order valence-corrected chi connectivity index (χ0v) is 11.0. The van der Waals surface area contributed by atoms with Gasteiger partial charge in [-0.1, -0.05) is 20.3 Å². The summed E-state index contributed by atoms with van der Waals surface area (Å²) in [6.45, 7) is 4.69. The van der Waals surface area contributed by atoms with Crippen molar-refractivity contribution in [3.8, 4) is 0 Å². The van der Waals surface area contributed by atoms with Crippen LogP contribution in [0.3, 0.4) is 0 Å². The maximum atomic E-state index is 11.9. The normalized spacial score (nSPS) is 22.7. The lowest BCUT2D eigenvalue weighted by Crippen LogP contribution is -2.42. The number of nitrogens with one attached hydrogen (secondary N) is 1. The molecule has 0 saturated heterocycles. The standard InChI is InChI=1S/C12H21N5O/c1-12(2)5-3-4-9(6-12)15-10(18)7-17-8-14-11(13)16-17/h8-9H,3-7H2,1-2H3,(H2,13,16)(H,15,18). The molecule has 0 radical (unpaired) electrons. The Hall–Kier alpha value is -1.59. The van der Waals surface area contributed by atoms with Gasteiger partial charge in [-0.05, 0) is 24.7 Å². The summed E-state index contributed by atoms with van der Waals surface area (Å²) in [6, 6.07) is 0.280. The molecule has 1 aliphatic carbocycles. The minimum atomic E-state index is -0.0254. The summed E-state index contributed by atoms with van der Waals surface area (Å²) < 4.78 is 1.46. The zero-order chi connectivity index (χ0) is 13.2. The lowest BCUT2D eigenvalue weighted by Gasteiger charge is -2.35. The van der Waals surface area contributed by atoms with Gasteiger partial charge in [-0.25, -0.2) is 9.67 Å². The molecule has 0 spiro atoms. The third-order valence-corrected chi connectivity index (χ3v) is 3.43. The highest BCUT2D eigenvalue weighted by atomic mass is 16.2. The van der Waals surface area contributed by atoms with E-state index in [0.29, 0.717) is 5.41 Å². The van der Waals surface area contributed by atoms with E-state index in [1.54, 1.807) is 0 Å². The van der Waals surface area contributed by atoms with Crippen molar-refractivity contribution in [1.82, 2.24) is 20.1 Å². The summed E-state index contributed by atoms with van der Waals surface area (Å²) in [4.78, 5) is 15.6. The second kappa shape index (κ2) is 4.96. The molecule has 2 rings (SSSR count). The van der Waals surface area contributed by atoms with Gasteiger partial charge in [0.25, 0.3) is 0 Å². The number of amides is 1. The van der Waals surface area contributed by atoms with E-state index in [0.717, 1.165) is 12.8 Å². The molecule has 1 saturated carbocycles. The second-order valence-corrected chi connectivity index (χ2v) is 5.83. The number of nitrogen functional groups attached to an aromatic ring is 1. The number of carbonyl (C=O) groups excluding carboxylic acids is 1. The number of aromatic nitrogens is 3. The van der Waals surface area contributed by atoms with E-state index < -0.39 is 0 Å². The van der Waals surface area contributed by atoms with E-state index >= 15 is 0 Å². The van der Waals surface area contributed by atoms with Gasteiger partial charge in [-0.15, -0.1) is 5.10 Å². The van der Waals surface area contributed by atoms with Gasteiger partial charge in [0.1, 0.15) is 12.9 Å². The Kier molecular flexibility index (Phi) is 3.54. The number of carbonyl (C=O) groups is 1. The predicted molar refractivity (Wildman–Crippen MR) is 68.6 cm³/mol. The molecular weight excluding hydrogens is 230 g/mol. The second-order valence-electron chi connectivity index (χ2n) is 5.83. The average Bonchev–Trinajstić information content (AvgIpc) is 2.62. The number of rotatable bonds is 3. The Bertz CT molecular complexity index is 426. The maximum Gasteiger partial charge on any atom is 0.242 e. The minimum absolute atomic E-state index is 0.0254. The van der Waals surface area contributed by atoms with Crippen molar-refractivity contribution in [2.45, 2.75) is 52.1 Å². The molecule has 0 aliphatic heterocycles. The molecule has 1 fully saturated rings. The van der Waals surface area contributed by atoms with E-state index in [9.17, 15) is 4.79 Å². The molecule has 1 aliphatic rings. The van der Waals surface area contributed by atoms with Crippen LogP contribution in [0.2, 0.25) is 0 Å². The van der Waals surface area contributed by atoms with Crippen molar-refractivity contribution >= 4 is 11.9 Å². The molecule has 100 valence electrons. The van der Waals surface area contributed by atoms with E-state index in [1.807, 2.05) is 0 Å². The lowest BCUT2D eigenvalue weighted by atomic mass is 9.75. The molecule has 0 bridgehead atoms. The maximum absolute atomic E-state index is 11.9. The summed E-state index contributed by atoms with van der Waals surface area (Å²) >= 11 is 0. The summed E-state index contributed by atoms with van der Waals surface area (Å²) in [5, 5.41) is 6.96. The van der Waals surface area contributed by atoms with Crippen LogP contribution in [0.4, 0.5) is 5.95 Å². The fourth-order valence-corrected chi connectivity index (χ4v) is 2.63. The first-order valence-corrected chi connectivity index (χ1v) is 6.39. The van der Waals surface area contributed by atoms with Gasteiger partial charge in [-0.2, -0.15) is 0 Å². The molecule has 0 aromatic carbocycles. The first kappa shape index (κ1) is 12.9. The van der Waals surface area contributed by atoms with E-state index in [-0.39, 0.29) is 24.4 Å². The van der Waals surface area contributed by atoms with Crippen LogP contribution >= 0.6 is 0 Å². The van der Waals surface area contributed by atoms with Gasteiger partial charge in [-0.3, -0.25) is 4.79 Å². The van der Waals surface area contributed by atoms with Crippen LogP contribution < -0.4 is 11.1 Å². The molecule has 18 heavy (non-hydrogen) atoms. The smallest absolute Gasteiger partial charge is 0.242 e. The van der Waals surface area contributed by atoms with Crippen LogP contribution in [-0.4, -0.2) is 26.7 Å². The van der Waals surface area contributed by atoms with Crippen LogP contribution in [0, 0.1) is 5.41 Å². The van der Waals surface area contributed by atoms with Gasteiger partial charge < -0.3 is 11.1 Å². The van der Waals surface area contributed by atoms with Crippen LogP contribution in [0.1, 0.15) is 39.5 Å². The van der Waals surface area contributed by atoms with Crippen molar-refractivity contribution in [1.29, 1.82) is 0 Å². The minimum Gasteiger partial charge on any atom is -0.367 e. The Balaban J connectivity index is 1.84. The zero-order valence-electron chi connectivity index (χ0n) is 11.0. The number of hydrogen-bond acceptors (Lipinski definition) is 4. The van der Waals surface area contributed by atoms with Gasteiger partial charge in [0.15, 0.2) is 0 Å². The fourth-order valence-electron chi connectivity index (χ4n) is 2.63. The predicted octanol–water partition coefficient (Wildman–Crippen LogP) is 0.945. The molecular formula is C12H21N5O. The number of anilines is 1. The molecule has 6 nitrogen and oxygen atoms in total. The van der Waals surface area contributed by atoms with Crippen molar-refractivity contribution < 1.29 is 4.79 Å². The van der Waals surface area contributed by atoms with Crippen LogP contribution in [-0.2, 0) is 11.3 Å². The SMILES string of the molecule is CC1(C)CCCC(NC(=O)Cn2cnc(N)n2)C1. The molecule has 1 atom stereocenters.